The van der Waals surface area contributed by atoms with Crippen molar-refractivity contribution in [1.82, 2.24) is 10.2 Å². The molecule has 1 fully saturated rings. The van der Waals surface area contributed by atoms with Gasteiger partial charge < -0.3 is 10.2 Å². The number of likely N-dealkylation sites (N-methyl/N-ethyl adjacent to an activating group) is 1. The zero-order chi connectivity index (χ0) is 14.4. The SMILES string of the molecule is CCN(CC(C)c1ccc(F)cc1)C1CCCNCC1.Cl. The van der Waals surface area contributed by atoms with Gasteiger partial charge in [-0.1, -0.05) is 26.0 Å². The van der Waals surface area contributed by atoms with Crippen LogP contribution >= 0.6 is 12.4 Å². The summed E-state index contributed by atoms with van der Waals surface area (Å²) in [6, 6.07) is 7.67. The molecule has 0 saturated carbocycles. The zero-order valence-electron chi connectivity index (χ0n) is 13.1. The van der Waals surface area contributed by atoms with Crippen LogP contribution in [0.15, 0.2) is 24.3 Å². The molecule has 120 valence electrons. The van der Waals surface area contributed by atoms with Gasteiger partial charge in [-0.2, -0.15) is 0 Å². The van der Waals surface area contributed by atoms with E-state index in [1.54, 1.807) is 12.1 Å². The van der Waals surface area contributed by atoms with E-state index in [1.165, 1.54) is 24.8 Å². The Kier molecular flexibility index (Phi) is 8.23. The highest BCUT2D eigenvalue weighted by atomic mass is 35.5. The molecular formula is C17H28ClFN2. The summed E-state index contributed by atoms with van der Waals surface area (Å²) < 4.78 is 13.0. The predicted octanol–water partition coefficient (Wildman–Crippen LogP) is 3.82. The van der Waals surface area contributed by atoms with Crippen molar-refractivity contribution in [2.24, 2.45) is 0 Å². The first-order chi connectivity index (χ1) is 9.70. The number of nitrogens with zero attached hydrogens (tertiary/aromatic N) is 1. The fourth-order valence-corrected chi connectivity index (χ4v) is 3.15. The molecule has 21 heavy (non-hydrogen) atoms. The van der Waals surface area contributed by atoms with Gasteiger partial charge in [0.1, 0.15) is 5.82 Å². The maximum Gasteiger partial charge on any atom is 0.123 e. The minimum absolute atomic E-state index is 0. The van der Waals surface area contributed by atoms with Gasteiger partial charge in [0.05, 0.1) is 0 Å². The quantitative estimate of drug-likeness (QED) is 0.889. The van der Waals surface area contributed by atoms with Crippen LogP contribution in [-0.4, -0.2) is 37.1 Å². The third-order valence-corrected chi connectivity index (χ3v) is 4.42. The van der Waals surface area contributed by atoms with Gasteiger partial charge in [0, 0.05) is 12.6 Å². The number of hydrogen-bond donors (Lipinski definition) is 1. The summed E-state index contributed by atoms with van der Waals surface area (Å²) in [6.07, 6.45) is 3.80. The van der Waals surface area contributed by atoms with Crippen LogP contribution in [0, 0.1) is 5.82 Å². The van der Waals surface area contributed by atoms with Gasteiger partial charge in [0.15, 0.2) is 0 Å². The maximum absolute atomic E-state index is 13.0. The molecule has 0 amide bonds. The molecule has 1 aromatic rings. The molecule has 0 aliphatic carbocycles. The Labute approximate surface area is 134 Å². The number of nitrogens with one attached hydrogen (secondary N) is 1. The van der Waals surface area contributed by atoms with Crippen molar-refractivity contribution in [2.45, 2.75) is 45.1 Å². The highest BCUT2D eigenvalue weighted by Crippen LogP contribution is 2.21. The fraction of sp³-hybridized carbons (Fsp3) is 0.647. The van der Waals surface area contributed by atoms with E-state index in [0.29, 0.717) is 12.0 Å². The maximum atomic E-state index is 13.0. The smallest absolute Gasteiger partial charge is 0.123 e. The molecule has 0 aromatic heterocycles. The van der Waals surface area contributed by atoms with Crippen LogP contribution in [0.25, 0.3) is 0 Å². The Morgan fingerprint density at radius 1 is 1.24 bits per heavy atom. The lowest BCUT2D eigenvalue weighted by Gasteiger charge is -2.32. The van der Waals surface area contributed by atoms with Crippen LogP contribution in [-0.2, 0) is 0 Å². The van der Waals surface area contributed by atoms with Gasteiger partial charge in [-0.25, -0.2) is 4.39 Å². The highest BCUT2D eigenvalue weighted by molar-refractivity contribution is 5.85. The lowest BCUT2D eigenvalue weighted by Crippen LogP contribution is -2.38. The van der Waals surface area contributed by atoms with Gasteiger partial charge in [0.2, 0.25) is 0 Å². The summed E-state index contributed by atoms with van der Waals surface area (Å²) in [6.45, 7) is 8.93. The van der Waals surface area contributed by atoms with Crippen molar-refractivity contribution < 1.29 is 4.39 Å². The second-order valence-corrected chi connectivity index (χ2v) is 5.87. The van der Waals surface area contributed by atoms with Gasteiger partial charge in [-0.05, 0) is 62.5 Å². The van der Waals surface area contributed by atoms with Gasteiger partial charge in [0.25, 0.3) is 0 Å². The summed E-state index contributed by atoms with van der Waals surface area (Å²) in [5.41, 5.74) is 1.23. The average Bonchev–Trinajstić information content (AvgIpc) is 2.74. The van der Waals surface area contributed by atoms with Crippen LogP contribution < -0.4 is 5.32 Å². The van der Waals surface area contributed by atoms with E-state index in [1.807, 2.05) is 12.1 Å². The zero-order valence-corrected chi connectivity index (χ0v) is 14.0. The lowest BCUT2D eigenvalue weighted by atomic mass is 9.98. The van der Waals surface area contributed by atoms with E-state index in [9.17, 15) is 4.39 Å². The number of hydrogen-bond acceptors (Lipinski definition) is 2. The first-order valence-corrected chi connectivity index (χ1v) is 7.91. The Morgan fingerprint density at radius 2 is 1.95 bits per heavy atom. The summed E-state index contributed by atoms with van der Waals surface area (Å²) in [5, 5.41) is 3.48. The van der Waals surface area contributed by atoms with Crippen molar-refractivity contribution in [2.75, 3.05) is 26.2 Å². The van der Waals surface area contributed by atoms with Crippen molar-refractivity contribution >= 4 is 12.4 Å². The largest absolute Gasteiger partial charge is 0.317 e. The number of rotatable bonds is 5. The first-order valence-electron chi connectivity index (χ1n) is 7.91. The van der Waals surface area contributed by atoms with Gasteiger partial charge in [-0.15, -0.1) is 12.4 Å². The van der Waals surface area contributed by atoms with Crippen LogP contribution in [0.2, 0.25) is 0 Å². The predicted molar refractivity (Wildman–Crippen MR) is 89.8 cm³/mol. The van der Waals surface area contributed by atoms with Crippen LogP contribution in [0.3, 0.4) is 0 Å². The molecule has 1 heterocycles. The van der Waals surface area contributed by atoms with Crippen molar-refractivity contribution in [3.8, 4) is 0 Å². The third-order valence-electron chi connectivity index (χ3n) is 4.42. The van der Waals surface area contributed by atoms with E-state index >= 15 is 0 Å². The molecule has 1 saturated heterocycles. The van der Waals surface area contributed by atoms with Crippen LogP contribution in [0.5, 0.6) is 0 Å². The number of halogens is 2. The number of benzene rings is 1. The molecular weight excluding hydrogens is 287 g/mol. The summed E-state index contributed by atoms with van der Waals surface area (Å²) in [7, 11) is 0. The van der Waals surface area contributed by atoms with Gasteiger partial charge >= 0.3 is 0 Å². The molecule has 2 nitrogen and oxygen atoms in total. The Balaban J connectivity index is 0.00000220. The van der Waals surface area contributed by atoms with Crippen molar-refractivity contribution in [3.63, 3.8) is 0 Å². The van der Waals surface area contributed by atoms with Gasteiger partial charge in [-0.3, -0.25) is 0 Å². The molecule has 0 spiro atoms. The topological polar surface area (TPSA) is 15.3 Å². The van der Waals surface area contributed by atoms with E-state index < -0.39 is 0 Å². The average molecular weight is 315 g/mol. The molecule has 2 atom stereocenters. The second kappa shape index (κ2) is 9.39. The van der Waals surface area contributed by atoms with E-state index in [0.717, 1.165) is 26.2 Å². The third kappa shape index (κ3) is 5.57. The minimum Gasteiger partial charge on any atom is -0.317 e. The molecule has 1 aliphatic rings. The van der Waals surface area contributed by atoms with E-state index in [4.69, 9.17) is 0 Å². The molecule has 0 radical (unpaired) electrons. The molecule has 0 bridgehead atoms. The standard InChI is InChI=1S/C17H27FN2.ClH/c1-3-20(17-5-4-11-19-12-10-17)13-14(2)15-6-8-16(18)9-7-15;/h6-9,14,17,19H,3-5,10-13H2,1-2H3;1H. The Morgan fingerprint density at radius 3 is 2.62 bits per heavy atom. The van der Waals surface area contributed by atoms with Crippen molar-refractivity contribution in [1.29, 1.82) is 0 Å². The summed E-state index contributed by atoms with van der Waals surface area (Å²) in [5.74, 6) is 0.301. The van der Waals surface area contributed by atoms with Crippen molar-refractivity contribution in [3.05, 3.63) is 35.6 Å². The van der Waals surface area contributed by atoms with Crippen LogP contribution in [0.4, 0.5) is 4.39 Å². The monoisotopic (exact) mass is 314 g/mol. The van der Waals surface area contributed by atoms with E-state index in [2.05, 4.69) is 24.1 Å². The molecule has 2 unspecified atom stereocenters. The summed E-state index contributed by atoms with van der Waals surface area (Å²) >= 11 is 0. The lowest BCUT2D eigenvalue weighted by molar-refractivity contribution is 0.182. The molecule has 1 aliphatic heterocycles. The van der Waals surface area contributed by atoms with E-state index in [-0.39, 0.29) is 18.2 Å². The first kappa shape index (κ1) is 18.4. The highest BCUT2D eigenvalue weighted by Gasteiger charge is 2.20. The summed E-state index contributed by atoms with van der Waals surface area (Å²) in [4.78, 5) is 2.60. The fourth-order valence-electron chi connectivity index (χ4n) is 3.15. The molecule has 1 N–H and O–H groups in total. The Bertz CT molecular complexity index is 388. The van der Waals surface area contributed by atoms with Crippen LogP contribution in [0.1, 0.15) is 44.6 Å². The molecule has 4 heteroatoms. The second-order valence-electron chi connectivity index (χ2n) is 5.87. The Hall–Kier alpha value is -0.640. The normalized spacial score (nSPS) is 20.7. The molecule has 2 rings (SSSR count). The molecule has 1 aromatic carbocycles. The minimum atomic E-state index is -0.150.